The van der Waals surface area contributed by atoms with E-state index in [2.05, 4.69) is 30.9 Å². The van der Waals surface area contributed by atoms with Crippen molar-refractivity contribution in [3.63, 3.8) is 0 Å². The maximum Gasteiger partial charge on any atom is 0.224 e. The average molecular weight is 477 g/mol. The first kappa shape index (κ1) is 23.1. The molecule has 0 radical (unpaired) electrons. The van der Waals surface area contributed by atoms with E-state index in [-0.39, 0.29) is 17.4 Å². The van der Waals surface area contributed by atoms with Gasteiger partial charge in [-0.3, -0.25) is 4.79 Å². The Balaban J connectivity index is 1.31. The van der Waals surface area contributed by atoms with Gasteiger partial charge >= 0.3 is 0 Å². The number of rotatable bonds is 8. The number of hydrogen-bond donors (Lipinski definition) is 3. The number of carbonyl (C=O) groups excluding carboxylic acids is 1. The Bertz CT molecular complexity index is 1300. The summed E-state index contributed by atoms with van der Waals surface area (Å²) in [4.78, 5) is 25.0. The normalized spacial score (nSPS) is 10.6. The van der Waals surface area contributed by atoms with Crippen molar-refractivity contribution < 1.29 is 9.18 Å². The van der Waals surface area contributed by atoms with Gasteiger partial charge in [0.05, 0.1) is 5.02 Å². The van der Waals surface area contributed by atoms with Gasteiger partial charge in [-0.2, -0.15) is 0 Å². The molecule has 0 saturated carbocycles. The number of nitrogens with zero attached hydrogens (tertiary/aromatic N) is 3. The lowest BCUT2D eigenvalue weighted by Gasteiger charge is -2.10. The highest BCUT2D eigenvalue weighted by atomic mass is 35.5. The van der Waals surface area contributed by atoms with Crippen LogP contribution in [0.2, 0.25) is 5.02 Å². The first-order valence-electron chi connectivity index (χ1n) is 10.6. The van der Waals surface area contributed by atoms with Gasteiger partial charge in [-0.05, 0) is 73.0 Å². The zero-order valence-corrected chi connectivity index (χ0v) is 19.1. The van der Waals surface area contributed by atoms with Crippen molar-refractivity contribution >= 4 is 46.3 Å². The SMILES string of the molecule is Cc1ccnc(Nc2cc(Nc3ccc(NC(=O)CCc4ccc(F)c(Cl)c4)cc3)ncn2)c1. The van der Waals surface area contributed by atoms with E-state index in [1.54, 1.807) is 30.5 Å². The molecule has 34 heavy (non-hydrogen) atoms. The van der Waals surface area contributed by atoms with Gasteiger partial charge in [-0.25, -0.2) is 19.3 Å². The Morgan fingerprint density at radius 2 is 1.59 bits per heavy atom. The molecule has 4 rings (SSSR count). The van der Waals surface area contributed by atoms with Crippen LogP contribution < -0.4 is 16.0 Å². The van der Waals surface area contributed by atoms with Gasteiger partial charge in [-0.15, -0.1) is 0 Å². The fourth-order valence-electron chi connectivity index (χ4n) is 3.19. The Labute approximate surface area is 201 Å². The van der Waals surface area contributed by atoms with Crippen LogP contribution in [0.3, 0.4) is 0 Å². The van der Waals surface area contributed by atoms with Gasteiger partial charge in [0.2, 0.25) is 5.91 Å². The van der Waals surface area contributed by atoms with E-state index in [0.29, 0.717) is 29.6 Å². The molecule has 0 fully saturated rings. The van der Waals surface area contributed by atoms with E-state index in [1.165, 1.54) is 18.5 Å². The number of pyridine rings is 1. The molecule has 0 atom stereocenters. The zero-order valence-electron chi connectivity index (χ0n) is 18.3. The first-order valence-corrected chi connectivity index (χ1v) is 10.9. The van der Waals surface area contributed by atoms with Gasteiger partial charge < -0.3 is 16.0 Å². The van der Waals surface area contributed by atoms with Crippen LogP contribution >= 0.6 is 11.6 Å². The predicted octanol–water partition coefficient (Wildman–Crippen LogP) is 6.03. The van der Waals surface area contributed by atoms with Crippen molar-refractivity contribution in [1.82, 2.24) is 15.0 Å². The van der Waals surface area contributed by atoms with Crippen LogP contribution in [-0.4, -0.2) is 20.9 Å². The van der Waals surface area contributed by atoms with Crippen LogP contribution in [0.25, 0.3) is 0 Å². The number of carbonyl (C=O) groups is 1. The molecule has 1 amide bonds. The van der Waals surface area contributed by atoms with Crippen molar-refractivity contribution in [2.75, 3.05) is 16.0 Å². The molecule has 9 heteroatoms. The summed E-state index contributed by atoms with van der Waals surface area (Å²) in [5, 5.41) is 9.28. The summed E-state index contributed by atoms with van der Waals surface area (Å²) < 4.78 is 13.2. The molecule has 7 nitrogen and oxygen atoms in total. The molecule has 0 spiro atoms. The molecule has 0 saturated heterocycles. The van der Waals surface area contributed by atoms with Gasteiger partial charge in [0, 0.05) is 30.1 Å². The minimum absolute atomic E-state index is 0.0550. The number of aromatic nitrogens is 3. The average Bonchev–Trinajstić information content (AvgIpc) is 2.81. The lowest BCUT2D eigenvalue weighted by molar-refractivity contribution is -0.116. The van der Waals surface area contributed by atoms with Crippen LogP contribution in [0.5, 0.6) is 0 Å². The fraction of sp³-hybridized carbons (Fsp3) is 0.120. The van der Waals surface area contributed by atoms with Crippen LogP contribution in [0.15, 0.2) is 73.2 Å². The van der Waals surface area contributed by atoms with Crippen LogP contribution in [-0.2, 0) is 11.2 Å². The molecular weight excluding hydrogens is 455 g/mol. The topological polar surface area (TPSA) is 91.8 Å². The number of aryl methyl sites for hydroxylation is 2. The summed E-state index contributed by atoms with van der Waals surface area (Å²) in [5.74, 6) is 1.31. The van der Waals surface area contributed by atoms with Crippen molar-refractivity contribution in [2.45, 2.75) is 19.8 Å². The Hall–Kier alpha value is -4.04. The van der Waals surface area contributed by atoms with Gasteiger partial charge in [-0.1, -0.05) is 17.7 Å². The van der Waals surface area contributed by atoms with Gasteiger partial charge in [0.25, 0.3) is 0 Å². The zero-order chi connectivity index (χ0) is 23.9. The largest absolute Gasteiger partial charge is 0.340 e. The van der Waals surface area contributed by atoms with Crippen LogP contribution in [0, 0.1) is 12.7 Å². The summed E-state index contributed by atoms with van der Waals surface area (Å²) >= 11 is 5.79. The number of hydrogen-bond acceptors (Lipinski definition) is 6. The predicted molar refractivity (Wildman–Crippen MR) is 132 cm³/mol. The van der Waals surface area contributed by atoms with Crippen LogP contribution in [0.1, 0.15) is 17.5 Å². The molecule has 3 N–H and O–H groups in total. The summed E-state index contributed by atoms with van der Waals surface area (Å²) in [7, 11) is 0. The van der Waals surface area contributed by atoms with Gasteiger partial charge in [0.15, 0.2) is 0 Å². The lowest BCUT2D eigenvalue weighted by atomic mass is 10.1. The van der Waals surface area contributed by atoms with E-state index in [9.17, 15) is 9.18 Å². The maximum atomic E-state index is 13.2. The van der Waals surface area contributed by atoms with E-state index in [0.717, 1.165) is 16.8 Å². The van der Waals surface area contributed by atoms with Crippen molar-refractivity contribution in [2.24, 2.45) is 0 Å². The monoisotopic (exact) mass is 476 g/mol. The fourth-order valence-corrected chi connectivity index (χ4v) is 3.39. The second-order valence-corrected chi connectivity index (χ2v) is 8.04. The summed E-state index contributed by atoms with van der Waals surface area (Å²) in [5.41, 5.74) is 3.37. The highest BCUT2D eigenvalue weighted by molar-refractivity contribution is 6.30. The summed E-state index contributed by atoms with van der Waals surface area (Å²) in [6.07, 6.45) is 3.92. The Morgan fingerprint density at radius 3 is 2.32 bits per heavy atom. The highest BCUT2D eigenvalue weighted by Crippen LogP contribution is 2.21. The number of nitrogens with one attached hydrogen (secondary N) is 3. The van der Waals surface area contributed by atoms with E-state index < -0.39 is 5.82 Å². The molecule has 0 aliphatic heterocycles. The number of anilines is 5. The molecule has 2 heterocycles. The second-order valence-electron chi connectivity index (χ2n) is 7.63. The maximum absolute atomic E-state index is 13.2. The van der Waals surface area contributed by atoms with E-state index >= 15 is 0 Å². The van der Waals surface area contributed by atoms with E-state index in [1.807, 2.05) is 31.2 Å². The van der Waals surface area contributed by atoms with Crippen molar-refractivity contribution in [3.05, 3.63) is 95.2 Å². The standard InChI is InChI=1S/C25H22ClFN6O/c1-16-10-11-28-22(12-16)33-24-14-23(29-15-30-24)31-18-4-6-19(7-5-18)32-25(34)9-3-17-2-8-21(27)20(26)13-17/h2,4-8,10-15H,3,9H2,1H3,(H,32,34)(H2,28,29,30,31,33). The molecule has 0 aliphatic rings. The number of benzene rings is 2. The highest BCUT2D eigenvalue weighted by Gasteiger charge is 2.07. The van der Waals surface area contributed by atoms with Crippen molar-refractivity contribution in [1.29, 1.82) is 0 Å². The molecular formula is C25H22ClFN6O. The third-order valence-electron chi connectivity index (χ3n) is 4.90. The number of halogens is 2. The molecule has 172 valence electrons. The molecule has 0 unspecified atom stereocenters. The molecule has 4 aromatic rings. The quantitative estimate of drug-likeness (QED) is 0.287. The minimum Gasteiger partial charge on any atom is -0.340 e. The van der Waals surface area contributed by atoms with Crippen molar-refractivity contribution in [3.8, 4) is 0 Å². The second kappa shape index (κ2) is 10.7. The Morgan fingerprint density at radius 1 is 0.882 bits per heavy atom. The molecule has 2 aromatic heterocycles. The summed E-state index contributed by atoms with van der Waals surface area (Å²) in [6.45, 7) is 1.99. The number of amides is 1. The summed E-state index contributed by atoms with van der Waals surface area (Å²) in [6, 6.07) is 17.4. The smallest absolute Gasteiger partial charge is 0.224 e. The third kappa shape index (κ3) is 6.49. The van der Waals surface area contributed by atoms with E-state index in [4.69, 9.17) is 11.6 Å². The molecule has 2 aromatic carbocycles. The first-order chi connectivity index (χ1) is 16.4. The molecule has 0 aliphatic carbocycles. The molecule has 0 bridgehead atoms. The van der Waals surface area contributed by atoms with Crippen LogP contribution in [0.4, 0.5) is 33.2 Å². The lowest BCUT2D eigenvalue weighted by Crippen LogP contribution is -2.12. The van der Waals surface area contributed by atoms with Gasteiger partial charge in [0.1, 0.15) is 29.6 Å². The minimum atomic E-state index is -0.471. The Kier molecular flexibility index (Phi) is 7.29. The third-order valence-corrected chi connectivity index (χ3v) is 5.19.